The van der Waals surface area contributed by atoms with E-state index in [0.29, 0.717) is 37.2 Å². The van der Waals surface area contributed by atoms with E-state index >= 15 is 0 Å². The number of hydrogen-bond donors (Lipinski definition) is 2. The molecule has 2 fully saturated rings. The summed E-state index contributed by atoms with van der Waals surface area (Å²) < 4.78 is 44.0. The molecule has 2 N–H and O–H groups in total. The first-order valence-corrected chi connectivity index (χ1v) is 12.9. The van der Waals surface area contributed by atoms with E-state index in [1.807, 2.05) is 0 Å². The zero-order chi connectivity index (χ0) is 26.4. The maximum atomic E-state index is 14.1. The second-order valence-electron chi connectivity index (χ2n) is 9.91. The molecule has 0 bridgehead atoms. The van der Waals surface area contributed by atoms with Crippen molar-refractivity contribution in [1.29, 1.82) is 0 Å². The van der Waals surface area contributed by atoms with Crippen LogP contribution in [-0.4, -0.2) is 56.6 Å². The highest BCUT2D eigenvalue weighted by Crippen LogP contribution is 2.44. The van der Waals surface area contributed by atoms with Crippen molar-refractivity contribution in [3.63, 3.8) is 0 Å². The number of nitrogens with zero attached hydrogens (tertiary/aromatic N) is 4. The van der Waals surface area contributed by atoms with Gasteiger partial charge in [0.25, 0.3) is 5.91 Å². The predicted octanol–water partition coefficient (Wildman–Crippen LogP) is 4.50. The zero-order valence-corrected chi connectivity index (χ0v) is 21.2. The molecule has 0 aliphatic carbocycles. The number of nitrogens with one attached hydrogen (secondary N) is 1. The molecule has 1 aromatic carbocycles. The number of aromatic nitrogens is 3. The highest BCUT2D eigenvalue weighted by Gasteiger charge is 2.44. The molecular formula is C26H29ClF3N5O2. The fraction of sp³-hybridized carbons (Fsp3) is 0.500. The summed E-state index contributed by atoms with van der Waals surface area (Å²) in [6.07, 6.45) is 2.10. The molecule has 1 atom stereocenters. The van der Waals surface area contributed by atoms with Gasteiger partial charge in [0.2, 0.25) is 0 Å². The molecule has 0 spiro atoms. The number of rotatable bonds is 4. The van der Waals surface area contributed by atoms with E-state index in [4.69, 9.17) is 11.6 Å². The van der Waals surface area contributed by atoms with Gasteiger partial charge in [0.1, 0.15) is 5.60 Å². The molecule has 1 unspecified atom stereocenters. The lowest BCUT2D eigenvalue weighted by Crippen LogP contribution is -2.43. The van der Waals surface area contributed by atoms with Crippen LogP contribution in [0, 0.1) is 5.92 Å². The van der Waals surface area contributed by atoms with Crippen LogP contribution in [0.15, 0.2) is 30.7 Å². The van der Waals surface area contributed by atoms with Crippen LogP contribution in [0.1, 0.15) is 59.4 Å². The van der Waals surface area contributed by atoms with Crippen LogP contribution in [0.2, 0.25) is 5.02 Å². The number of fused-ring (bicyclic) bond motifs is 1. The number of benzene rings is 1. The lowest BCUT2D eigenvalue weighted by Gasteiger charge is -2.39. The monoisotopic (exact) mass is 535 g/mol. The average Bonchev–Trinajstić information content (AvgIpc) is 3.34. The smallest absolute Gasteiger partial charge is 0.378 e. The third kappa shape index (κ3) is 4.59. The van der Waals surface area contributed by atoms with Crippen molar-refractivity contribution < 1.29 is 23.1 Å². The maximum Gasteiger partial charge on any atom is 0.434 e. The molecule has 7 nitrogen and oxygen atoms in total. The van der Waals surface area contributed by atoms with E-state index in [-0.39, 0.29) is 21.8 Å². The Bertz CT molecular complexity index is 1320. The molecule has 5 rings (SSSR count). The van der Waals surface area contributed by atoms with Crippen molar-refractivity contribution in [3.8, 4) is 0 Å². The Morgan fingerprint density at radius 3 is 2.49 bits per heavy atom. The Morgan fingerprint density at radius 1 is 1.16 bits per heavy atom. The molecule has 3 aromatic rings. The number of aliphatic hydroxyl groups is 1. The van der Waals surface area contributed by atoms with Crippen LogP contribution in [0.25, 0.3) is 10.9 Å². The number of piperidine rings is 2. The van der Waals surface area contributed by atoms with E-state index in [1.165, 1.54) is 11.0 Å². The molecule has 11 heteroatoms. The number of carbonyl (C=O) groups is 1. The third-order valence-electron chi connectivity index (χ3n) is 7.62. The quantitative estimate of drug-likeness (QED) is 0.514. The Morgan fingerprint density at radius 2 is 1.86 bits per heavy atom. The molecule has 2 aliphatic heterocycles. The molecule has 0 radical (unpaired) electrons. The summed E-state index contributed by atoms with van der Waals surface area (Å²) >= 11 is 6.63. The number of imidazole rings is 1. The van der Waals surface area contributed by atoms with Crippen LogP contribution in [0.3, 0.4) is 0 Å². The highest BCUT2D eigenvalue weighted by molar-refractivity contribution is 6.38. The fourth-order valence-electron chi connectivity index (χ4n) is 5.67. The lowest BCUT2D eigenvalue weighted by molar-refractivity contribution is -0.141. The van der Waals surface area contributed by atoms with Crippen LogP contribution < -0.4 is 5.32 Å². The topological polar surface area (TPSA) is 83.3 Å². The molecule has 0 saturated carbocycles. The highest BCUT2D eigenvalue weighted by atomic mass is 35.5. The third-order valence-corrected chi connectivity index (χ3v) is 8.02. The van der Waals surface area contributed by atoms with E-state index in [1.54, 1.807) is 36.3 Å². The van der Waals surface area contributed by atoms with Gasteiger partial charge in [-0.1, -0.05) is 17.7 Å². The van der Waals surface area contributed by atoms with Gasteiger partial charge >= 0.3 is 6.18 Å². The number of pyridine rings is 1. The van der Waals surface area contributed by atoms with Gasteiger partial charge in [-0.3, -0.25) is 4.79 Å². The molecule has 2 aliphatic rings. The van der Waals surface area contributed by atoms with E-state index in [0.717, 1.165) is 32.4 Å². The summed E-state index contributed by atoms with van der Waals surface area (Å²) in [7, 11) is 1.79. The largest absolute Gasteiger partial charge is 0.434 e. The lowest BCUT2D eigenvalue weighted by atomic mass is 9.74. The first-order valence-electron chi connectivity index (χ1n) is 12.5. The minimum Gasteiger partial charge on any atom is -0.378 e. The number of likely N-dealkylation sites (tertiary alicyclic amines) is 1. The first-order chi connectivity index (χ1) is 17.6. The second-order valence-corrected chi connectivity index (χ2v) is 10.3. The van der Waals surface area contributed by atoms with E-state index in [2.05, 4.69) is 15.3 Å². The Balaban J connectivity index is 1.70. The summed E-state index contributed by atoms with van der Waals surface area (Å²) in [5, 5.41) is 15.5. The first kappa shape index (κ1) is 25.9. The molecule has 198 valence electrons. The van der Waals surface area contributed by atoms with Crippen molar-refractivity contribution >= 4 is 28.4 Å². The summed E-state index contributed by atoms with van der Waals surface area (Å²) in [5.74, 6) is -0.936. The zero-order valence-electron chi connectivity index (χ0n) is 20.5. The van der Waals surface area contributed by atoms with Crippen LogP contribution in [0.5, 0.6) is 0 Å². The predicted molar refractivity (Wildman–Crippen MR) is 133 cm³/mol. The minimum absolute atomic E-state index is 0.00827. The SMILES string of the molecule is Cn1cncc1C(O)(c1ccc2nc(C(F)(F)F)c(C(=O)N3CCCCC3)c(Cl)c2c1)C1CCNCC1. The normalized spacial score (nSPS) is 19.2. The summed E-state index contributed by atoms with van der Waals surface area (Å²) in [6, 6.07) is 4.60. The van der Waals surface area contributed by atoms with Crippen LogP contribution >= 0.6 is 11.6 Å². The summed E-state index contributed by atoms with van der Waals surface area (Å²) in [4.78, 5) is 22.8. The molecule has 2 saturated heterocycles. The number of amides is 1. The fourth-order valence-corrected chi connectivity index (χ4v) is 6.00. The van der Waals surface area contributed by atoms with Crippen molar-refractivity contribution in [2.75, 3.05) is 26.2 Å². The molecule has 37 heavy (non-hydrogen) atoms. The second kappa shape index (κ2) is 9.89. The molecule has 2 aromatic heterocycles. The van der Waals surface area contributed by atoms with Crippen molar-refractivity contribution in [1.82, 2.24) is 24.8 Å². The van der Waals surface area contributed by atoms with Gasteiger partial charge in [0, 0.05) is 31.4 Å². The molecular weight excluding hydrogens is 507 g/mol. The van der Waals surface area contributed by atoms with E-state index < -0.39 is 28.9 Å². The molecule has 1 amide bonds. The number of hydrogen-bond acceptors (Lipinski definition) is 5. The minimum atomic E-state index is -4.86. The van der Waals surface area contributed by atoms with Crippen molar-refractivity contribution in [2.24, 2.45) is 13.0 Å². The van der Waals surface area contributed by atoms with Gasteiger partial charge in [-0.05, 0) is 62.9 Å². The number of aryl methyl sites for hydroxylation is 1. The van der Waals surface area contributed by atoms with Gasteiger partial charge in [0.15, 0.2) is 5.69 Å². The maximum absolute atomic E-state index is 14.1. The average molecular weight is 536 g/mol. The standard InChI is InChI=1S/C26H29ClF3N5O2/c1-34-15-32-14-20(34)25(37,16-7-9-31-10-8-16)17-5-6-19-18(13-17)22(27)21(23(33-19)26(28,29)30)24(36)35-11-3-2-4-12-35/h5-6,13-16,31,37H,2-4,7-12H2,1H3. The molecule has 4 heterocycles. The van der Waals surface area contributed by atoms with Gasteiger partial charge in [-0.15, -0.1) is 0 Å². The summed E-state index contributed by atoms with van der Waals surface area (Å²) in [5.41, 5.74) is -2.34. The number of halogens is 4. The van der Waals surface area contributed by atoms with Crippen LogP contribution in [-0.2, 0) is 18.8 Å². The summed E-state index contributed by atoms with van der Waals surface area (Å²) in [6.45, 7) is 2.20. The Hall–Kier alpha value is -2.69. The Kier molecular flexibility index (Phi) is 6.93. The van der Waals surface area contributed by atoms with Gasteiger partial charge < -0.3 is 19.9 Å². The van der Waals surface area contributed by atoms with E-state index in [9.17, 15) is 23.1 Å². The Labute approximate surface area is 217 Å². The van der Waals surface area contributed by atoms with Crippen LogP contribution in [0.4, 0.5) is 13.2 Å². The number of alkyl halides is 3. The number of carbonyl (C=O) groups excluding carboxylic acids is 1. The van der Waals surface area contributed by atoms with Gasteiger partial charge in [-0.2, -0.15) is 13.2 Å². The van der Waals surface area contributed by atoms with Crippen molar-refractivity contribution in [3.05, 3.63) is 58.3 Å². The van der Waals surface area contributed by atoms with Gasteiger partial charge in [-0.25, -0.2) is 9.97 Å². The van der Waals surface area contributed by atoms with Gasteiger partial charge in [0.05, 0.1) is 34.3 Å². The van der Waals surface area contributed by atoms with Crippen molar-refractivity contribution in [2.45, 2.75) is 43.9 Å².